The number of carboxylic acid groups (broad SMARTS) is 1. The molecule has 3 heteroatoms. The van der Waals surface area contributed by atoms with Crippen molar-refractivity contribution >= 4 is 5.97 Å². The van der Waals surface area contributed by atoms with Crippen molar-refractivity contribution in [2.75, 3.05) is 0 Å². The molecular weight excluding hydrogens is 324 g/mol. The minimum absolute atomic E-state index is 0.255. The molecule has 0 unspecified atom stereocenters. The van der Waals surface area contributed by atoms with E-state index in [4.69, 9.17) is 9.84 Å². The molecule has 0 saturated carbocycles. The lowest BCUT2D eigenvalue weighted by atomic mass is 10.0. The van der Waals surface area contributed by atoms with Gasteiger partial charge in [-0.25, -0.2) is 0 Å². The van der Waals surface area contributed by atoms with Gasteiger partial charge in [0.05, 0.1) is 0 Å². The van der Waals surface area contributed by atoms with Gasteiger partial charge in [0.2, 0.25) is 0 Å². The van der Waals surface area contributed by atoms with E-state index in [1.165, 1.54) is 16.7 Å². The van der Waals surface area contributed by atoms with Crippen molar-refractivity contribution in [2.24, 2.45) is 5.92 Å². The Morgan fingerprint density at radius 2 is 1.65 bits per heavy atom. The number of ether oxygens (including phenoxy) is 1. The zero-order valence-corrected chi connectivity index (χ0v) is 15.9. The summed E-state index contributed by atoms with van der Waals surface area (Å²) in [5, 5.41) is 8.69. The molecule has 0 fully saturated rings. The van der Waals surface area contributed by atoms with Crippen LogP contribution in [0.15, 0.2) is 48.5 Å². The molecule has 0 aliphatic heterocycles. The summed E-state index contributed by atoms with van der Waals surface area (Å²) in [5.41, 5.74) is 3.73. The Hall–Kier alpha value is -2.29. The smallest absolute Gasteiger partial charge is 0.303 e. The highest BCUT2D eigenvalue weighted by Crippen LogP contribution is 2.22. The first kappa shape index (κ1) is 20.0. The van der Waals surface area contributed by atoms with Gasteiger partial charge in [-0.1, -0.05) is 62.7 Å². The molecule has 140 valence electrons. The Balaban J connectivity index is 1.84. The summed E-state index contributed by atoms with van der Waals surface area (Å²) in [6.45, 7) is 5.03. The Bertz CT molecular complexity index is 674. The highest BCUT2D eigenvalue weighted by molar-refractivity contribution is 5.66. The van der Waals surface area contributed by atoms with E-state index in [1.54, 1.807) is 0 Å². The average Bonchev–Trinajstić information content (AvgIpc) is 2.61. The van der Waals surface area contributed by atoms with Crippen LogP contribution >= 0.6 is 0 Å². The first-order chi connectivity index (χ1) is 12.5. The largest absolute Gasteiger partial charge is 0.489 e. The van der Waals surface area contributed by atoms with Gasteiger partial charge in [-0.15, -0.1) is 0 Å². The predicted octanol–water partition coefficient (Wildman–Crippen LogP) is 5.65. The normalized spacial score (nSPS) is 10.9. The van der Waals surface area contributed by atoms with E-state index in [2.05, 4.69) is 44.2 Å². The number of para-hydroxylation sites is 1. The molecule has 3 nitrogen and oxygen atoms in total. The Morgan fingerprint density at radius 1 is 0.962 bits per heavy atom. The number of carboxylic acids is 1. The summed E-state index contributed by atoms with van der Waals surface area (Å²) < 4.78 is 6.05. The van der Waals surface area contributed by atoms with Crippen molar-refractivity contribution in [1.82, 2.24) is 0 Å². The zero-order chi connectivity index (χ0) is 18.8. The van der Waals surface area contributed by atoms with Crippen molar-refractivity contribution in [3.63, 3.8) is 0 Å². The molecule has 0 aromatic heterocycles. The van der Waals surface area contributed by atoms with E-state index in [-0.39, 0.29) is 6.42 Å². The monoisotopic (exact) mass is 354 g/mol. The quantitative estimate of drug-likeness (QED) is 0.530. The predicted molar refractivity (Wildman–Crippen MR) is 106 cm³/mol. The number of aryl methyl sites for hydroxylation is 1. The Kier molecular flexibility index (Phi) is 8.20. The summed E-state index contributed by atoms with van der Waals surface area (Å²) in [7, 11) is 0. The van der Waals surface area contributed by atoms with Gasteiger partial charge in [0, 0.05) is 6.42 Å². The fourth-order valence-corrected chi connectivity index (χ4v) is 3.02. The maximum atomic E-state index is 10.6. The molecule has 2 aromatic rings. The van der Waals surface area contributed by atoms with Crippen LogP contribution in [-0.4, -0.2) is 11.1 Å². The van der Waals surface area contributed by atoms with Crippen molar-refractivity contribution in [1.29, 1.82) is 0 Å². The second-order valence-electron chi connectivity index (χ2n) is 7.27. The van der Waals surface area contributed by atoms with Gasteiger partial charge in [-0.2, -0.15) is 0 Å². The summed E-state index contributed by atoms with van der Waals surface area (Å²) in [6, 6.07) is 16.8. The third-order valence-electron chi connectivity index (χ3n) is 4.37. The lowest BCUT2D eigenvalue weighted by Gasteiger charge is -2.12. The Morgan fingerprint density at radius 3 is 2.35 bits per heavy atom. The van der Waals surface area contributed by atoms with Crippen LogP contribution in [0.4, 0.5) is 0 Å². The second-order valence-corrected chi connectivity index (χ2v) is 7.27. The lowest BCUT2D eigenvalue weighted by Crippen LogP contribution is -2.00. The highest BCUT2D eigenvalue weighted by atomic mass is 16.5. The van der Waals surface area contributed by atoms with Gasteiger partial charge in [0.15, 0.2) is 0 Å². The molecule has 0 aliphatic carbocycles. The van der Waals surface area contributed by atoms with Crippen molar-refractivity contribution in [2.45, 2.75) is 59.0 Å². The van der Waals surface area contributed by atoms with Gasteiger partial charge >= 0.3 is 5.97 Å². The van der Waals surface area contributed by atoms with Crippen LogP contribution < -0.4 is 4.74 Å². The molecule has 0 radical (unpaired) electrons. The van der Waals surface area contributed by atoms with Crippen molar-refractivity contribution in [3.05, 3.63) is 65.2 Å². The number of carbonyl (C=O) groups is 1. The number of rotatable bonds is 11. The molecule has 26 heavy (non-hydrogen) atoms. The van der Waals surface area contributed by atoms with Crippen LogP contribution in [0, 0.1) is 5.92 Å². The lowest BCUT2D eigenvalue weighted by molar-refractivity contribution is -0.137. The molecule has 0 atom stereocenters. The van der Waals surface area contributed by atoms with Crippen LogP contribution in [0.2, 0.25) is 0 Å². The van der Waals surface area contributed by atoms with E-state index in [0.29, 0.717) is 12.5 Å². The standard InChI is InChI=1S/C23H30O3/c1-18(2)16-19-12-14-20(15-13-19)17-26-22-10-7-6-9-21(22)8-4-3-5-11-23(24)25/h6-7,9-10,12-15,18H,3-5,8,11,16-17H2,1-2H3,(H,24,25). The summed E-state index contributed by atoms with van der Waals surface area (Å²) in [4.78, 5) is 10.6. The molecule has 0 saturated heterocycles. The number of hydrogen-bond donors (Lipinski definition) is 1. The molecule has 2 rings (SSSR count). The maximum absolute atomic E-state index is 10.6. The van der Waals surface area contributed by atoms with Gasteiger partial charge < -0.3 is 9.84 Å². The van der Waals surface area contributed by atoms with Gasteiger partial charge in [-0.05, 0) is 54.4 Å². The first-order valence-corrected chi connectivity index (χ1v) is 9.55. The summed E-state index contributed by atoms with van der Waals surface area (Å²) in [6.07, 6.45) is 4.93. The molecule has 0 spiro atoms. The number of unbranched alkanes of at least 4 members (excludes halogenated alkanes) is 2. The van der Waals surface area contributed by atoms with Crippen LogP contribution in [0.5, 0.6) is 5.75 Å². The topological polar surface area (TPSA) is 46.5 Å². The fraction of sp³-hybridized carbons (Fsp3) is 0.435. The van der Waals surface area contributed by atoms with E-state index in [1.807, 2.05) is 18.2 Å². The molecule has 0 amide bonds. The maximum Gasteiger partial charge on any atom is 0.303 e. The third kappa shape index (κ3) is 7.30. The first-order valence-electron chi connectivity index (χ1n) is 9.55. The van der Waals surface area contributed by atoms with Crippen LogP contribution in [0.1, 0.15) is 56.2 Å². The number of hydrogen-bond acceptors (Lipinski definition) is 2. The van der Waals surface area contributed by atoms with Crippen LogP contribution in [0.3, 0.4) is 0 Å². The molecule has 0 heterocycles. The fourth-order valence-electron chi connectivity index (χ4n) is 3.02. The van der Waals surface area contributed by atoms with E-state index in [0.717, 1.165) is 37.9 Å². The summed E-state index contributed by atoms with van der Waals surface area (Å²) in [5.74, 6) is 0.879. The van der Waals surface area contributed by atoms with E-state index >= 15 is 0 Å². The van der Waals surface area contributed by atoms with Crippen LogP contribution in [-0.2, 0) is 24.2 Å². The summed E-state index contributed by atoms with van der Waals surface area (Å²) >= 11 is 0. The average molecular weight is 354 g/mol. The van der Waals surface area contributed by atoms with E-state index < -0.39 is 5.97 Å². The second kappa shape index (κ2) is 10.6. The third-order valence-corrected chi connectivity index (χ3v) is 4.37. The minimum atomic E-state index is -0.715. The molecule has 0 bridgehead atoms. The van der Waals surface area contributed by atoms with Crippen LogP contribution in [0.25, 0.3) is 0 Å². The SMILES string of the molecule is CC(C)Cc1ccc(COc2ccccc2CCCCCC(=O)O)cc1. The molecular formula is C23H30O3. The number of benzene rings is 2. The minimum Gasteiger partial charge on any atom is -0.489 e. The Labute approximate surface area is 157 Å². The molecule has 1 N–H and O–H groups in total. The zero-order valence-electron chi connectivity index (χ0n) is 15.9. The van der Waals surface area contributed by atoms with Gasteiger partial charge in [0.25, 0.3) is 0 Å². The van der Waals surface area contributed by atoms with Gasteiger partial charge in [-0.3, -0.25) is 4.79 Å². The molecule has 2 aromatic carbocycles. The van der Waals surface area contributed by atoms with E-state index in [9.17, 15) is 4.79 Å². The number of aliphatic carboxylic acids is 1. The van der Waals surface area contributed by atoms with Gasteiger partial charge in [0.1, 0.15) is 12.4 Å². The van der Waals surface area contributed by atoms with Crippen molar-refractivity contribution in [3.8, 4) is 5.75 Å². The van der Waals surface area contributed by atoms with Crippen molar-refractivity contribution < 1.29 is 14.6 Å². The highest BCUT2D eigenvalue weighted by Gasteiger charge is 2.05. The molecule has 0 aliphatic rings.